The summed E-state index contributed by atoms with van der Waals surface area (Å²) in [6.07, 6.45) is 44.7. The Morgan fingerprint density at radius 1 is 0.346 bits per heavy atom. The Balaban J connectivity index is 3.17. The summed E-state index contributed by atoms with van der Waals surface area (Å²) < 4.78 is 32.8. The van der Waals surface area contributed by atoms with Crippen LogP contribution >= 0.6 is 0 Å². The lowest BCUT2D eigenvalue weighted by Crippen LogP contribution is -2.14. The number of carbonyl (C=O) groups is 1. The lowest BCUT2D eigenvalue weighted by Gasteiger charge is -2.08. The van der Waals surface area contributed by atoms with E-state index in [1.165, 1.54) is 154 Å². The van der Waals surface area contributed by atoms with Gasteiger partial charge in [-0.25, -0.2) is 0 Å². The van der Waals surface area contributed by atoms with Gasteiger partial charge in [0.1, 0.15) is 13.4 Å². The van der Waals surface area contributed by atoms with Gasteiger partial charge in [-0.3, -0.25) is 4.79 Å². The molecule has 0 atom stereocenters. The van der Waals surface area contributed by atoms with Gasteiger partial charge in [0, 0.05) is 13.0 Å². The van der Waals surface area contributed by atoms with Gasteiger partial charge in [0.25, 0.3) is 0 Å². The quantitative estimate of drug-likeness (QED) is 0.0266. The van der Waals surface area contributed by atoms with Crippen LogP contribution in [0.15, 0.2) is 24.3 Å². The molecule has 0 radical (unpaired) electrons. The molecule has 0 N–H and O–H groups in total. The molecule has 0 aliphatic heterocycles. The lowest BCUT2D eigenvalue weighted by molar-refractivity contribution is -0.145. The zero-order valence-corrected chi connectivity index (χ0v) is 34.5. The van der Waals surface area contributed by atoms with Crippen molar-refractivity contribution in [1.29, 1.82) is 0 Å². The Hall–Kier alpha value is -1.25. The summed E-state index contributed by atoms with van der Waals surface area (Å²) in [7, 11) is 0. The van der Waals surface area contributed by atoms with Crippen molar-refractivity contribution in [3.05, 3.63) is 24.3 Å². The van der Waals surface area contributed by atoms with Gasteiger partial charge in [-0.05, 0) is 64.2 Å². The van der Waals surface area contributed by atoms with E-state index in [-0.39, 0.29) is 12.8 Å². The first-order valence-electron chi connectivity index (χ1n) is 22.2. The molecule has 0 heterocycles. The van der Waals surface area contributed by atoms with Crippen LogP contribution in [0.4, 0.5) is 0 Å². The zero-order chi connectivity index (χ0) is 37.5. The third-order valence-corrected chi connectivity index (χ3v) is 9.22. The van der Waals surface area contributed by atoms with Crippen LogP contribution in [0.5, 0.6) is 0 Å². The molecule has 0 aromatic carbocycles. The van der Waals surface area contributed by atoms with Crippen LogP contribution in [0.2, 0.25) is 0 Å². The molecule has 0 aromatic rings. The average Bonchev–Trinajstić information content (AvgIpc) is 3.15. The fourth-order valence-corrected chi connectivity index (χ4v) is 5.91. The van der Waals surface area contributed by atoms with Gasteiger partial charge in [-0.2, -0.15) is 0 Å². The maximum atomic E-state index is 11.9. The summed E-state index contributed by atoms with van der Waals surface area (Å²) >= 11 is 0. The fraction of sp³-hybridized carbons (Fsp3) is 0.889. The summed E-state index contributed by atoms with van der Waals surface area (Å²) in [5.74, 6) is -0.131. The second kappa shape index (κ2) is 47.8. The predicted molar refractivity (Wildman–Crippen MR) is 219 cm³/mol. The van der Waals surface area contributed by atoms with Crippen LogP contribution in [0.25, 0.3) is 0 Å². The number of hydrogen-bond donors (Lipinski definition) is 0. The summed E-state index contributed by atoms with van der Waals surface area (Å²) in [4.78, 5) is 11.9. The normalized spacial score (nSPS) is 11.8. The number of ether oxygens (including phenoxy) is 6. The number of esters is 1. The minimum atomic E-state index is -0.131. The van der Waals surface area contributed by atoms with Crippen LogP contribution in [-0.2, 0) is 33.2 Å². The Labute approximate surface area is 322 Å². The molecule has 0 aromatic heterocycles. The molecule has 7 nitrogen and oxygen atoms in total. The number of carbonyl (C=O) groups excluding carboxylic acids is 1. The predicted octanol–water partition coefficient (Wildman–Crippen LogP) is 12.6. The van der Waals surface area contributed by atoms with Crippen molar-refractivity contribution in [1.82, 2.24) is 0 Å². The van der Waals surface area contributed by atoms with Crippen molar-refractivity contribution in [3.8, 4) is 0 Å². The minimum Gasteiger partial charge on any atom is -0.463 e. The molecular weight excluding hydrogens is 652 g/mol. The lowest BCUT2D eigenvalue weighted by atomic mass is 10.1. The molecule has 0 saturated heterocycles. The highest BCUT2D eigenvalue weighted by molar-refractivity contribution is 5.69. The highest BCUT2D eigenvalue weighted by Gasteiger charge is 2.03. The number of allylic oxidation sites excluding steroid dienone is 4. The van der Waals surface area contributed by atoms with E-state index in [0.717, 1.165) is 25.9 Å². The van der Waals surface area contributed by atoms with Gasteiger partial charge < -0.3 is 28.4 Å². The molecule has 0 aliphatic carbocycles. The Kier molecular flexibility index (Phi) is 46.6. The first-order valence-corrected chi connectivity index (χ1v) is 22.2. The van der Waals surface area contributed by atoms with E-state index in [0.29, 0.717) is 59.3 Å². The van der Waals surface area contributed by atoms with Crippen molar-refractivity contribution in [3.63, 3.8) is 0 Å². The third kappa shape index (κ3) is 46.8. The maximum absolute atomic E-state index is 11.9. The maximum Gasteiger partial charge on any atom is 0.305 e. The van der Waals surface area contributed by atoms with Crippen molar-refractivity contribution in [2.75, 3.05) is 66.3 Å². The average molecular weight is 739 g/mol. The van der Waals surface area contributed by atoms with E-state index in [4.69, 9.17) is 28.4 Å². The van der Waals surface area contributed by atoms with Gasteiger partial charge in [0.2, 0.25) is 0 Å². The molecular formula is C45H86O7. The van der Waals surface area contributed by atoms with Crippen LogP contribution < -0.4 is 0 Å². The fourth-order valence-electron chi connectivity index (χ4n) is 5.91. The second-order valence-electron chi connectivity index (χ2n) is 14.3. The second-order valence-corrected chi connectivity index (χ2v) is 14.3. The SMILES string of the molecule is CCCCCCCC/C=C/CCCCCCCCOCCOCCOCOCCOCCOC(=O)CCCCCCC/C=C/CCCCCCCC. The van der Waals surface area contributed by atoms with Gasteiger partial charge in [-0.1, -0.05) is 147 Å². The van der Waals surface area contributed by atoms with E-state index in [9.17, 15) is 4.79 Å². The Morgan fingerprint density at radius 3 is 1.12 bits per heavy atom. The van der Waals surface area contributed by atoms with Crippen molar-refractivity contribution >= 4 is 5.97 Å². The molecule has 0 saturated carbocycles. The van der Waals surface area contributed by atoms with Gasteiger partial charge in [-0.15, -0.1) is 0 Å². The molecule has 0 rings (SSSR count). The smallest absolute Gasteiger partial charge is 0.305 e. The monoisotopic (exact) mass is 739 g/mol. The highest BCUT2D eigenvalue weighted by Crippen LogP contribution is 2.12. The van der Waals surface area contributed by atoms with E-state index in [1.807, 2.05) is 0 Å². The summed E-state index contributed by atoms with van der Waals surface area (Å²) in [6.45, 7) is 9.37. The van der Waals surface area contributed by atoms with Crippen LogP contribution in [0, 0.1) is 0 Å². The van der Waals surface area contributed by atoms with E-state index in [1.54, 1.807) is 0 Å². The molecule has 52 heavy (non-hydrogen) atoms. The largest absolute Gasteiger partial charge is 0.463 e. The molecule has 0 spiro atoms. The molecule has 0 amide bonds. The Bertz CT molecular complexity index is 726. The molecule has 0 fully saturated rings. The topological polar surface area (TPSA) is 72.5 Å². The van der Waals surface area contributed by atoms with Gasteiger partial charge >= 0.3 is 5.97 Å². The number of rotatable bonds is 45. The number of unbranched alkanes of at least 4 members (excludes halogenated alkanes) is 23. The number of hydrogen-bond acceptors (Lipinski definition) is 7. The zero-order valence-electron chi connectivity index (χ0n) is 34.5. The summed E-state index contributed by atoms with van der Waals surface area (Å²) in [6, 6.07) is 0. The first-order chi connectivity index (χ1) is 25.8. The van der Waals surface area contributed by atoms with E-state index in [2.05, 4.69) is 38.2 Å². The molecule has 308 valence electrons. The van der Waals surface area contributed by atoms with Crippen LogP contribution in [0.1, 0.15) is 194 Å². The first kappa shape index (κ1) is 50.8. The molecule has 0 unspecified atom stereocenters. The van der Waals surface area contributed by atoms with E-state index >= 15 is 0 Å². The van der Waals surface area contributed by atoms with Crippen molar-refractivity contribution < 1.29 is 33.2 Å². The van der Waals surface area contributed by atoms with Crippen LogP contribution in [0.3, 0.4) is 0 Å². The van der Waals surface area contributed by atoms with Crippen LogP contribution in [-0.4, -0.2) is 72.2 Å². The van der Waals surface area contributed by atoms with Crippen molar-refractivity contribution in [2.24, 2.45) is 0 Å². The molecule has 7 heteroatoms. The standard InChI is InChI=1S/C45H86O7/c1-3-5-7-9-11-13-15-17-19-21-23-25-27-29-31-33-35-47-36-37-48-38-40-50-44-51-41-39-49-42-43-52-45(46)34-32-30-28-26-24-22-20-18-16-14-12-10-8-6-4-2/h17-20H,3-16,21-44H2,1-2H3/b19-17+,20-18+. The molecule has 0 aliphatic rings. The highest BCUT2D eigenvalue weighted by atomic mass is 16.7. The minimum absolute atomic E-state index is 0.131. The van der Waals surface area contributed by atoms with E-state index < -0.39 is 0 Å². The molecule has 0 bridgehead atoms. The third-order valence-electron chi connectivity index (χ3n) is 9.22. The summed E-state index contributed by atoms with van der Waals surface area (Å²) in [5.41, 5.74) is 0. The van der Waals surface area contributed by atoms with Gasteiger partial charge in [0.15, 0.2) is 0 Å². The Morgan fingerprint density at radius 2 is 0.673 bits per heavy atom. The summed E-state index contributed by atoms with van der Waals surface area (Å²) in [5, 5.41) is 0. The van der Waals surface area contributed by atoms with Gasteiger partial charge in [0.05, 0.1) is 46.2 Å². The van der Waals surface area contributed by atoms with Crippen molar-refractivity contribution in [2.45, 2.75) is 194 Å².